The van der Waals surface area contributed by atoms with E-state index in [1.54, 1.807) is 0 Å². The SMILES string of the molecule is C=CC(C)=CCC(CC)C(=O)CCC. The van der Waals surface area contributed by atoms with Crippen LogP contribution in [-0.4, -0.2) is 5.78 Å². The van der Waals surface area contributed by atoms with Crippen molar-refractivity contribution < 1.29 is 4.79 Å². The molecule has 0 amide bonds. The van der Waals surface area contributed by atoms with Gasteiger partial charge in [-0.2, -0.15) is 0 Å². The fraction of sp³-hybridized carbons (Fsp3) is 0.615. The Bertz CT molecular complexity index is 213. The summed E-state index contributed by atoms with van der Waals surface area (Å²) < 4.78 is 0. The molecule has 1 heteroatoms. The smallest absolute Gasteiger partial charge is 0.136 e. The lowest BCUT2D eigenvalue weighted by molar-refractivity contribution is -0.122. The fourth-order valence-corrected chi connectivity index (χ4v) is 1.39. The quantitative estimate of drug-likeness (QED) is 0.562. The summed E-state index contributed by atoms with van der Waals surface area (Å²) in [6, 6.07) is 0. The highest BCUT2D eigenvalue weighted by Gasteiger charge is 2.13. The Kier molecular flexibility index (Phi) is 7.09. The van der Waals surface area contributed by atoms with Crippen LogP contribution in [-0.2, 0) is 4.79 Å². The van der Waals surface area contributed by atoms with Crippen molar-refractivity contribution >= 4 is 5.78 Å². The van der Waals surface area contributed by atoms with E-state index in [-0.39, 0.29) is 5.92 Å². The van der Waals surface area contributed by atoms with Crippen LogP contribution < -0.4 is 0 Å². The third-order valence-electron chi connectivity index (χ3n) is 2.49. The van der Waals surface area contributed by atoms with Crippen molar-refractivity contribution in [2.45, 2.75) is 46.5 Å². The maximum atomic E-state index is 11.6. The number of allylic oxidation sites excluding steroid dienone is 3. The van der Waals surface area contributed by atoms with Gasteiger partial charge in [0.25, 0.3) is 0 Å². The summed E-state index contributed by atoms with van der Waals surface area (Å²) in [5, 5.41) is 0. The average Bonchev–Trinajstić information content (AvgIpc) is 2.18. The van der Waals surface area contributed by atoms with Crippen LogP contribution >= 0.6 is 0 Å². The second-order valence-electron chi connectivity index (χ2n) is 3.71. The molecular formula is C13H22O. The summed E-state index contributed by atoms with van der Waals surface area (Å²) in [4.78, 5) is 11.6. The normalized spacial score (nSPS) is 13.8. The van der Waals surface area contributed by atoms with Gasteiger partial charge in [0.15, 0.2) is 0 Å². The number of rotatable bonds is 7. The monoisotopic (exact) mass is 194 g/mol. The van der Waals surface area contributed by atoms with E-state index >= 15 is 0 Å². The molecule has 0 spiro atoms. The maximum absolute atomic E-state index is 11.6. The Labute approximate surface area is 87.9 Å². The molecule has 0 N–H and O–H groups in total. The molecule has 0 aromatic heterocycles. The van der Waals surface area contributed by atoms with Crippen LogP contribution in [0.4, 0.5) is 0 Å². The molecule has 0 aromatic rings. The molecule has 1 unspecified atom stereocenters. The van der Waals surface area contributed by atoms with Crippen molar-refractivity contribution in [1.82, 2.24) is 0 Å². The van der Waals surface area contributed by atoms with Crippen LogP contribution in [0.25, 0.3) is 0 Å². The zero-order valence-corrected chi connectivity index (χ0v) is 9.68. The van der Waals surface area contributed by atoms with Gasteiger partial charge in [-0.05, 0) is 26.2 Å². The molecule has 0 heterocycles. The number of carbonyl (C=O) groups is 1. The van der Waals surface area contributed by atoms with Crippen LogP contribution in [0.1, 0.15) is 46.5 Å². The lowest BCUT2D eigenvalue weighted by Gasteiger charge is -2.10. The van der Waals surface area contributed by atoms with E-state index in [1.165, 1.54) is 0 Å². The molecule has 0 aliphatic rings. The van der Waals surface area contributed by atoms with E-state index in [0.29, 0.717) is 5.78 Å². The molecule has 0 rings (SSSR count). The predicted octanol–water partition coefficient (Wildman–Crippen LogP) is 3.90. The molecule has 0 aliphatic carbocycles. The number of hydrogen-bond acceptors (Lipinski definition) is 1. The molecule has 80 valence electrons. The standard InChI is InChI=1S/C13H22O/c1-5-8-13(14)12(7-3)10-9-11(4)6-2/h6,9,12H,2,5,7-8,10H2,1,3-4H3. The first-order chi connectivity index (χ1) is 6.65. The van der Waals surface area contributed by atoms with Gasteiger partial charge in [-0.25, -0.2) is 0 Å². The summed E-state index contributed by atoms with van der Waals surface area (Å²) >= 11 is 0. The van der Waals surface area contributed by atoms with Gasteiger partial charge < -0.3 is 0 Å². The van der Waals surface area contributed by atoms with Crippen molar-refractivity contribution in [3.63, 3.8) is 0 Å². The first-order valence-electron chi connectivity index (χ1n) is 5.47. The summed E-state index contributed by atoms with van der Waals surface area (Å²) in [5.74, 6) is 0.618. The Morgan fingerprint density at radius 2 is 2.07 bits per heavy atom. The molecule has 0 radical (unpaired) electrons. The lowest BCUT2D eigenvalue weighted by Crippen LogP contribution is -2.12. The minimum absolute atomic E-state index is 0.213. The lowest BCUT2D eigenvalue weighted by atomic mass is 9.93. The van der Waals surface area contributed by atoms with Gasteiger partial charge in [0.05, 0.1) is 0 Å². The topological polar surface area (TPSA) is 17.1 Å². The van der Waals surface area contributed by atoms with E-state index < -0.39 is 0 Å². The molecule has 1 atom stereocenters. The Hall–Kier alpha value is -0.850. The number of carbonyl (C=O) groups excluding carboxylic acids is 1. The van der Waals surface area contributed by atoms with Crippen molar-refractivity contribution in [2.75, 3.05) is 0 Å². The van der Waals surface area contributed by atoms with Gasteiger partial charge >= 0.3 is 0 Å². The van der Waals surface area contributed by atoms with E-state index in [0.717, 1.165) is 31.3 Å². The Morgan fingerprint density at radius 1 is 1.43 bits per heavy atom. The largest absolute Gasteiger partial charge is 0.299 e. The summed E-state index contributed by atoms with van der Waals surface area (Å²) in [6.45, 7) is 9.84. The zero-order chi connectivity index (χ0) is 11.0. The van der Waals surface area contributed by atoms with Crippen molar-refractivity contribution in [3.8, 4) is 0 Å². The van der Waals surface area contributed by atoms with Crippen molar-refractivity contribution in [1.29, 1.82) is 0 Å². The molecule has 0 aliphatic heterocycles. The molecule has 0 aromatic carbocycles. The van der Waals surface area contributed by atoms with Gasteiger partial charge in [0, 0.05) is 12.3 Å². The van der Waals surface area contributed by atoms with Crippen LogP contribution in [0.5, 0.6) is 0 Å². The number of Topliss-reactive ketones (excluding diaryl/α,β-unsaturated/α-hetero) is 1. The highest BCUT2D eigenvalue weighted by molar-refractivity contribution is 5.81. The Morgan fingerprint density at radius 3 is 2.50 bits per heavy atom. The van der Waals surface area contributed by atoms with E-state index in [1.807, 2.05) is 13.0 Å². The van der Waals surface area contributed by atoms with Gasteiger partial charge in [0.2, 0.25) is 0 Å². The van der Waals surface area contributed by atoms with E-state index in [4.69, 9.17) is 0 Å². The van der Waals surface area contributed by atoms with Crippen LogP contribution in [0.2, 0.25) is 0 Å². The van der Waals surface area contributed by atoms with Crippen LogP contribution in [0.3, 0.4) is 0 Å². The van der Waals surface area contributed by atoms with Crippen LogP contribution in [0, 0.1) is 5.92 Å². The van der Waals surface area contributed by atoms with E-state index in [9.17, 15) is 4.79 Å². The zero-order valence-electron chi connectivity index (χ0n) is 9.68. The Balaban J connectivity index is 4.15. The van der Waals surface area contributed by atoms with Crippen molar-refractivity contribution in [3.05, 3.63) is 24.3 Å². The number of hydrogen-bond donors (Lipinski definition) is 0. The molecule has 0 saturated heterocycles. The highest BCUT2D eigenvalue weighted by Crippen LogP contribution is 2.14. The van der Waals surface area contributed by atoms with Gasteiger partial charge in [-0.15, -0.1) is 0 Å². The minimum Gasteiger partial charge on any atom is -0.299 e. The van der Waals surface area contributed by atoms with Gasteiger partial charge in [0.1, 0.15) is 5.78 Å². The minimum atomic E-state index is 0.213. The summed E-state index contributed by atoms with van der Waals surface area (Å²) in [6.07, 6.45) is 7.43. The van der Waals surface area contributed by atoms with Crippen molar-refractivity contribution in [2.24, 2.45) is 5.92 Å². The molecule has 0 fully saturated rings. The second-order valence-corrected chi connectivity index (χ2v) is 3.71. The molecule has 0 saturated carbocycles. The third-order valence-corrected chi connectivity index (χ3v) is 2.49. The maximum Gasteiger partial charge on any atom is 0.136 e. The third kappa shape index (κ3) is 5.00. The molecule has 1 nitrogen and oxygen atoms in total. The summed E-state index contributed by atoms with van der Waals surface area (Å²) in [7, 11) is 0. The van der Waals surface area contributed by atoms with Crippen LogP contribution in [0.15, 0.2) is 24.3 Å². The first-order valence-corrected chi connectivity index (χ1v) is 5.47. The number of ketones is 1. The average molecular weight is 194 g/mol. The van der Waals surface area contributed by atoms with E-state index in [2.05, 4.69) is 26.5 Å². The van der Waals surface area contributed by atoms with Gasteiger partial charge in [-0.3, -0.25) is 4.79 Å². The predicted molar refractivity (Wildman–Crippen MR) is 62.3 cm³/mol. The van der Waals surface area contributed by atoms with Gasteiger partial charge in [-0.1, -0.05) is 38.2 Å². The molecular weight excluding hydrogens is 172 g/mol. The molecule has 14 heavy (non-hydrogen) atoms. The highest BCUT2D eigenvalue weighted by atomic mass is 16.1. The molecule has 0 bridgehead atoms. The fourth-order valence-electron chi connectivity index (χ4n) is 1.39. The summed E-state index contributed by atoms with van der Waals surface area (Å²) in [5.41, 5.74) is 1.16. The second kappa shape index (κ2) is 7.54. The first kappa shape index (κ1) is 13.2.